The van der Waals surface area contributed by atoms with Gasteiger partial charge in [0.25, 0.3) is 0 Å². The minimum absolute atomic E-state index is 0.147. The molecule has 0 spiro atoms. The van der Waals surface area contributed by atoms with Crippen LogP contribution >= 0.6 is 11.6 Å². The third kappa shape index (κ3) is 2.06. The lowest BCUT2D eigenvalue weighted by Gasteiger charge is -2.15. The molecule has 0 aliphatic heterocycles. The van der Waals surface area contributed by atoms with Crippen LogP contribution in [0.1, 0.15) is 20.3 Å². The Morgan fingerprint density at radius 3 is 2.73 bits per heavy atom. The highest BCUT2D eigenvalue weighted by atomic mass is 35.5. The zero-order valence-electron chi connectivity index (χ0n) is 6.77. The van der Waals surface area contributed by atoms with E-state index in [4.69, 9.17) is 11.6 Å². The molecule has 2 heteroatoms. The lowest BCUT2D eigenvalue weighted by atomic mass is 9.96. The Labute approximate surface area is 71.7 Å². The fourth-order valence-electron chi connectivity index (χ4n) is 1.17. The Balaban J connectivity index is 2.77. The standard InChI is InChI=1S/C9H12ClF/c1-6(2)8-4-3-7(10)5-9(8)11/h4-7H,3H2,1-2H3. The summed E-state index contributed by atoms with van der Waals surface area (Å²) in [5.41, 5.74) is 0.793. The van der Waals surface area contributed by atoms with E-state index in [2.05, 4.69) is 0 Å². The molecule has 1 rings (SSSR count). The molecule has 0 saturated heterocycles. The second-order valence-electron chi connectivity index (χ2n) is 3.08. The second kappa shape index (κ2) is 3.40. The second-order valence-corrected chi connectivity index (χ2v) is 3.64. The topological polar surface area (TPSA) is 0 Å². The van der Waals surface area contributed by atoms with Crippen molar-refractivity contribution in [2.45, 2.75) is 25.6 Å². The van der Waals surface area contributed by atoms with Crippen molar-refractivity contribution in [3.05, 3.63) is 23.6 Å². The minimum Gasteiger partial charge on any atom is -0.207 e. The van der Waals surface area contributed by atoms with Crippen LogP contribution in [0.3, 0.4) is 0 Å². The first kappa shape index (κ1) is 8.79. The van der Waals surface area contributed by atoms with Crippen molar-refractivity contribution >= 4 is 11.6 Å². The number of allylic oxidation sites excluding steroid dienone is 4. The van der Waals surface area contributed by atoms with Gasteiger partial charge in [0.2, 0.25) is 0 Å². The summed E-state index contributed by atoms with van der Waals surface area (Å²) >= 11 is 5.72. The van der Waals surface area contributed by atoms with Crippen molar-refractivity contribution in [2.75, 3.05) is 0 Å². The van der Waals surface area contributed by atoms with Crippen molar-refractivity contribution in [2.24, 2.45) is 5.92 Å². The van der Waals surface area contributed by atoms with E-state index in [0.29, 0.717) is 0 Å². The highest BCUT2D eigenvalue weighted by Gasteiger charge is 2.15. The van der Waals surface area contributed by atoms with Crippen molar-refractivity contribution in [3.8, 4) is 0 Å². The Morgan fingerprint density at radius 1 is 1.64 bits per heavy atom. The fraction of sp³-hybridized carbons (Fsp3) is 0.556. The predicted octanol–water partition coefficient (Wildman–Crippen LogP) is 3.43. The summed E-state index contributed by atoms with van der Waals surface area (Å²) in [5, 5.41) is -0.155. The average Bonchev–Trinajstić information content (AvgIpc) is 1.85. The largest absolute Gasteiger partial charge is 0.207 e. The third-order valence-electron chi connectivity index (χ3n) is 1.79. The first-order valence-electron chi connectivity index (χ1n) is 3.83. The normalized spacial score (nSPS) is 25.0. The molecule has 0 N–H and O–H groups in total. The van der Waals surface area contributed by atoms with Gasteiger partial charge in [-0.2, -0.15) is 0 Å². The monoisotopic (exact) mass is 174 g/mol. The van der Waals surface area contributed by atoms with Gasteiger partial charge in [0.05, 0.1) is 5.38 Å². The van der Waals surface area contributed by atoms with E-state index in [0.717, 1.165) is 12.0 Å². The molecular weight excluding hydrogens is 163 g/mol. The zero-order valence-corrected chi connectivity index (χ0v) is 7.53. The third-order valence-corrected chi connectivity index (χ3v) is 2.09. The minimum atomic E-state index is -0.155. The van der Waals surface area contributed by atoms with E-state index in [1.54, 1.807) is 0 Å². The summed E-state index contributed by atoms with van der Waals surface area (Å²) < 4.78 is 13.1. The van der Waals surface area contributed by atoms with Crippen LogP contribution in [-0.4, -0.2) is 5.38 Å². The Bertz CT molecular complexity index is 204. The SMILES string of the molecule is CC(C)C1=CCC(Cl)C=C1F. The zero-order chi connectivity index (χ0) is 8.43. The van der Waals surface area contributed by atoms with E-state index in [9.17, 15) is 4.39 Å². The summed E-state index contributed by atoms with van der Waals surface area (Å²) in [6.07, 6.45) is 4.12. The van der Waals surface area contributed by atoms with Gasteiger partial charge in [-0.05, 0) is 24.0 Å². The highest BCUT2D eigenvalue weighted by Crippen LogP contribution is 2.27. The molecule has 62 valence electrons. The van der Waals surface area contributed by atoms with Gasteiger partial charge in [0.1, 0.15) is 5.83 Å². The predicted molar refractivity (Wildman–Crippen MR) is 46.4 cm³/mol. The van der Waals surface area contributed by atoms with E-state index in [1.807, 2.05) is 19.9 Å². The molecule has 0 bridgehead atoms. The molecule has 0 aromatic heterocycles. The van der Waals surface area contributed by atoms with E-state index < -0.39 is 0 Å². The van der Waals surface area contributed by atoms with Gasteiger partial charge < -0.3 is 0 Å². The van der Waals surface area contributed by atoms with Crippen LogP contribution in [0.2, 0.25) is 0 Å². The van der Waals surface area contributed by atoms with Crippen LogP contribution in [0.25, 0.3) is 0 Å². The van der Waals surface area contributed by atoms with Crippen LogP contribution in [-0.2, 0) is 0 Å². The average molecular weight is 175 g/mol. The molecule has 0 radical (unpaired) electrons. The fourth-order valence-corrected chi connectivity index (χ4v) is 1.37. The van der Waals surface area contributed by atoms with Gasteiger partial charge in [0, 0.05) is 0 Å². The quantitative estimate of drug-likeness (QED) is 0.535. The number of alkyl halides is 1. The van der Waals surface area contributed by atoms with Crippen molar-refractivity contribution in [1.29, 1.82) is 0 Å². The molecule has 0 aromatic carbocycles. The molecule has 0 aromatic rings. The van der Waals surface area contributed by atoms with E-state index in [-0.39, 0.29) is 17.1 Å². The number of halogens is 2. The van der Waals surface area contributed by atoms with Gasteiger partial charge in [-0.1, -0.05) is 19.9 Å². The molecule has 0 fully saturated rings. The van der Waals surface area contributed by atoms with Gasteiger partial charge >= 0.3 is 0 Å². The van der Waals surface area contributed by atoms with Crippen molar-refractivity contribution in [1.82, 2.24) is 0 Å². The molecule has 0 saturated carbocycles. The Hall–Kier alpha value is -0.300. The number of rotatable bonds is 1. The van der Waals surface area contributed by atoms with Crippen LogP contribution in [0, 0.1) is 5.92 Å². The van der Waals surface area contributed by atoms with Gasteiger partial charge in [-0.25, -0.2) is 4.39 Å². The maximum Gasteiger partial charge on any atom is 0.123 e. The van der Waals surface area contributed by atoms with Crippen LogP contribution < -0.4 is 0 Å². The van der Waals surface area contributed by atoms with Crippen LogP contribution in [0.4, 0.5) is 4.39 Å². The van der Waals surface area contributed by atoms with E-state index >= 15 is 0 Å². The van der Waals surface area contributed by atoms with Gasteiger partial charge in [-0.3, -0.25) is 0 Å². The maximum atomic E-state index is 13.1. The Kier molecular flexibility index (Phi) is 2.72. The molecule has 0 heterocycles. The molecule has 1 aliphatic rings. The van der Waals surface area contributed by atoms with Crippen LogP contribution in [0.15, 0.2) is 23.6 Å². The molecule has 11 heavy (non-hydrogen) atoms. The maximum absolute atomic E-state index is 13.1. The lowest BCUT2D eigenvalue weighted by Crippen LogP contribution is -2.05. The number of hydrogen-bond donors (Lipinski definition) is 0. The number of hydrogen-bond acceptors (Lipinski definition) is 0. The molecule has 0 nitrogen and oxygen atoms in total. The smallest absolute Gasteiger partial charge is 0.123 e. The molecular formula is C9H12ClF. The molecule has 1 unspecified atom stereocenters. The van der Waals surface area contributed by atoms with Crippen molar-refractivity contribution < 1.29 is 4.39 Å². The highest BCUT2D eigenvalue weighted by molar-refractivity contribution is 6.22. The van der Waals surface area contributed by atoms with Gasteiger partial charge in [-0.15, -0.1) is 11.6 Å². The lowest BCUT2D eigenvalue weighted by molar-refractivity contribution is 0.592. The Morgan fingerprint density at radius 2 is 2.27 bits per heavy atom. The van der Waals surface area contributed by atoms with E-state index in [1.165, 1.54) is 6.08 Å². The summed E-state index contributed by atoms with van der Waals surface area (Å²) in [6, 6.07) is 0. The molecule has 0 amide bonds. The van der Waals surface area contributed by atoms with Crippen LogP contribution in [0.5, 0.6) is 0 Å². The molecule has 1 aliphatic carbocycles. The first-order chi connectivity index (χ1) is 5.11. The first-order valence-corrected chi connectivity index (χ1v) is 4.26. The molecule has 1 atom stereocenters. The summed E-state index contributed by atoms with van der Waals surface area (Å²) in [5.74, 6) is 0.113. The van der Waals surface area contributed by atoms with Gasteiger partial charge in [0.15, 0.2) is 0 Å². The summed E-state index contributed by atoms with van der Waals surface area (Å²) in [7, 11) is 0. The summed E-state index contributed by atoms with van der Waals surface area (Å²) in [4.78, 5) is 0. The summed E-state index contributed by atoms with van der Waals surface area (Å²) in [6.45, 7) is 3.96. The van der Waals surface area contributed by atoms with Crippen molar-refractivity contribution in [3.63, 3.8) is 0 Å².